The first-order valence-electron chi connectivity index (χ1n) is 8.45. The summed E-state index contributed by atoms with van der Waals surface area (Å²) in [4.78, 5) is 4.42. The number of aryl methyl sites for hydroxylation is 2. The minimum Gasteiger partial charge on any atom is -0.339 e. The molecule has 0 unspecified atom stereocenters. The summed E-state index contributed by atoms with van der Waals surface area (Å²) in [5.74, 6) is 1.44. The number of anilines is 1. The maximum absolute atomic E-state index is 12.6. The van der Waals surface area contributed by atoms with Crippen molar-refractivity contribution in [2.24, 2.45) is 0 Å². The summed E-state index contributed by atoms with van der Waals surface area (Å²) >= 11 is 1.14. The van der Waals surface area contributed by atoms with Gasteiger partial charge in [-0.05, 0) is 56.0 Å². The summed E-state index contributed by atoms with van der Waals surface area (Å²) < 4.78 is 33.5. The van der Waals surface area contributed by atoms with Gasteiger partial charge in [0.2, 0.25) is 11.7 Å². The zero-order valence-electron chi connectivity index (χ0n) is 14.5. The zero-order valence-corrected chi connectivity index (χ0v) is 16.2. The van der Waals surface area contributed by atoms with Crippen LogP contribution in [0.1, 0.15) is 42.2 Å². The molecule has 0 radical (unpaired) electrons. The van der Waals surface area contributed by atoms with Crippen LogP contribution in [0.4, 0.5) is 5.69 Å². The first kappa shape index (κ1) is 17.2. The lowest BCUT2D eigenvalue weighted by Crippen LogP contribution is -2.11. The summed E-state index contributed by atoms with van der Waals surface area (Å²) in [7, 11) is -3.65. The predicted octanol–water partition coefficient (Wildman–Crippen LogP) is 4.48. The van der Waals surface area contributed by atoms with Crippen molar-refractivity contribution in [1.29, 1.82) is 0 Å². The van der Waals surface area contributed by atoms with E-state index in [-0.39, 0.29) is 4.21 Å². The van der Waals surface area contributed by atoms with Crippen molar-refractivity contribution in [2.45, 2.75) is 43.2 Å². The van der Waals surface area contributed by atoms with E-state index in [1.165, 1.54) is 6.42 Å². The largest absolute Gasteiger partial charge is 0.339 e. The molecule has 26 heavy (non-hydrogen) atoms. The molecule has 0 aliphatic heterocycles. The Kier molecular flexibility index (Phi) is 4.32. The molecule has 136 valence electrons. The van der Waals surface area contributed by atoms with E-state index in [1.54, 1.807) is 17.5 Å². The third-order valence-corrected chi connectivity index (χ3v) is 7.57. The molecule has 1 N–H and O–H groups in total. The van der Waals surface area contributed by atoms with E-state index in [2.05, 4.69) is 14.9 Å². The quantitative estimate of drug-likeness (QED) is 0.695. The Morgan fingerprint density at radius 3 is 2.69 bits per heavy atom. The van der Waals surface area contributed by atoms with Crippen molar-refractivity contribution in [1.82, 2.24) is 10.1 Å². The van der Waals surface area contributed by atoms with Gasteiger partial charge in [-0.15, -0.1) is 11.3 Å². The van der Waals surface area contributed by atoms with Crippen molar-refractivity contribution in [3.63, 3.8) is 0 Å². The van der Waals surface area contributed by atoms with Gasteiger partial charge in [0.15, 0.2) is 0 Å². The van der Waals surface area contributed by atoms with Crippen LogP contribution in [0.15, 0.2) is 38.4 Å². The van der Waals surface area contributed by atoms with Gasteiger partial charge < -0.3 is 4.52 Å². The van der Waals surface area contributed by atoms with Crippen LogP contribution in [0.3, 0.4) is 0 Å². The van der Waals surface area contributed by atoms with Crippen LogP contribution in [0.2, 0.25) is 0 Å². The second-order valence-corrected chi connectivity index (χ2v) is 9.46. The Bertz CT molecular complexity index is 1050. The second kappa shape index (κ2) is 6.51. The minimum absolute atomic E-state index is 0.223. The standard InChI is InChI=1S/C18H19N3O3S2/c1-11-6-7-15(8-12(11)2)21-26(22,23)16-9-14(10-25-16)17-19-18(24-20-17)13-4-3-5-13/h6-10,13,21H,3-5H2,1-2H3. The molecule has 1 aliphatic rings. The number of rotatable bonds is 5. The Hall–Kier alpha value is -2.19. The summed E-state index contributed by atoms with van der Waals surface area (Å²) in [5.41, 5.74) is 3.36. The molecular weight excluding hydrogens is 370 g/mol. The predicted molar refractivity (Wildman–Crippen MR) is 101 cm³/mol. The van der Waals surface area contributed by atoms with Crippen molar-refractivity contribution < 1.29 is 12.9 Å². The van der Waals surface area contributed by atoms with Crippen LogP contribution in [0.5, 0.6) is 0 Å². The maximum Gasteiger partial charge on any atom is 0.271 e. The van der Waals surface area contributed by atoms with Crippen LogP contribution >= 0.6 is 11.3 Å². The molecule has 0 saturated heterocycles. The average Bonchev–Trinajstić information content (AvgIpc) is 3.18. The zero-order chi connectivity index (χ0) is 18.3. The first-order chi connectivity index (χ1) is 12.4. The summed E-state index contributed by atoms with van der Waals surface area (Å²) in [6.45, 7) is 3.94. The molecule has 0 bridgehead atoms. The number of nitrogens with one attached hydrogen (secondary N) is 1. The normalized spacial score (nSPS) is 15.0. The van der Waals surface area contributed by atoms with Crippen LogP contribution in [0, 0.1) is 13.8 Å². The van der Waals surface area contributed by atoms with E-state index in [9.17, 15) is 8.42 Å². The molecule has 6 nitrogen and oxygen atoms in total. The third kappa shape index (κ3) is 3.26. The number of benzene rings is 1. The molecule has 0 amide bonds. The summed E-state index contributed by atoms with van der Waals surface area (Å²) in [6.07, 6.45) is 3.34. The molecule has 1 aliphatic carbocycles. The first-order valence-corrected chi connectivity index (χ1v) is 10.8. The molecule has 4 rings (SSSR count). The second-order valence-electron chi connectivity index (χ2n) is 6.64. The van der Waals surface area contributed by atoms with Crippen molar-refractivity contribution in [2.75, 3.05) is 4.72 Å². The van der Waals surface area contributed by atoms with Gasteiger partial charge in [-0.25, -0.2) is 8.42 Å². The number of hydrogen-bond acceptors (Lipinski definition) is 6. The number of sulfonamides is 1. The lowest BCUT2D eigenvalue weighted by atomic mass is 9.85. The molecule has 8 heteroatoms. The Morgan fingerprint density at radius 2 is 2.00 bits per heavy atom. The highest BCUT2D eigenvalue weighted by Crippen LogP contribution is 2.36. The van der Waals surface area contributed by atoms with Gasteiger partial charge in [0, 0.05) is 22.5 Å². The Morgan fingerprint density at radius 1 is 1.19 bits per heavy atom. The molecule has 1 saturated carbocycles. The number of nitrogens with zero attached hydrogens (tertiary/aromatic N) is 2. The molecule has 3 aromatic rings. The average molecular weight is 390 g/mol. The van der Waals surface area contributed by atoms with Gasteiger partial charge >= 0.3 is 0 Å². The van der Waals surface area contributed by atoms with E-state index >= 15 is 0 Å². The fourth-order valence-electron chi connectivity index (χ4n) is 2.76. The van der Waals surface area contributed by atoms with E-state index < -0.39 is 10.0 Å². The van der Waals surface area contributed by atoms with E-state index in [0.717, 1.165) is 35.3 Å². The van der Waals surface area contributed by atoms with Gasteiger partial charge in [0.1, 0.15) is 4.21 Å². The lowest BCUT2D eigenvalue weighted by Gasteiger charge is -2.20. The molecule has 0 atom stereocenters. The smallest absolute Gasteiger partial charge is 0.271 e. The van der Waals surface area contributed by atoms with Gasteiger partial charge in [-0.3, -0.25) is 4.72 Å². The van der Waals surface area contributed by atoms with Gasteiger partial charge in [-0.1, -0.05) is 17.6 Å². The van der Waals surface area contributed by atoms with E-state index in [1.807, 2.05) is 26.0 Å². The molecule has 1 fully saturated rings. The highest BCUT2D eigenvalue weighted by atomic mass is 32.2. The number of thiophene rings is 1. The van der Waals surface area contributed by atoms with Crippen LogP contribution in [-0.4, -0.2) is 18.6 Å². The molecule has 2 heterocycles. The topological polar surface area (TPSA) is 85.1 Å². The Labute approximate surface area is 156 Å². The number of aromatic nitrogens is 2. The van der Waals surface area contributed by atoms with E-state index in [0.29, 0.717) is 28.9 Å². The molecule has 1 aromatic carbocycles. The maximum atomic E-state index is 12.6. The number of hydrogen-bond donors (Lipinski definition) is 1. The van der Waals surface area contributed by atoms with Crippen LogP contribution < -0.4 is 4.72 Å². The van der Waals surface area contributed by atoms with Crippen LogP contribution in [0.25, 0.3) is 11.4 Å². The highest BCUT2D eigenvalue weighted by Gasteiger charge is 2.26. The Balaban J connectivity index is 1.56. The fourth-order valence-corrected chi connectivity index (χ4v) is 4.97. The van der Waals surface area contributed by atoms with Gasteiger partial charge in [0.05, 0.1) is 0 Å². The minimum atomic E-state index is -3.65. The van der Waals surface area contributed by atoms with Gasteiger partial charge in [-0.2, -0.15) is 4.98 Å². The molecule has 0 spiro atoms. The van der Waals surface area contributed by atoms with Crippen molar-refractivity contribution >= 4 is 27.0 Å². The van der Waals surface area contributed by atoms with E-state index in [4.69, 9.17) is 4.52 Å². The lowest BCUT2D eigenvalue weighted by molar-refractivity contribution is 0.292. The van der Waals surface area contributed by atoms with Gasteiger partial charge in [0.25, 0.3) is 10.0 Å². The summed E-state index contributed by atoms with van der Waals surface area (Å²) in [6, 6.07) is 7.07. The summed E-state index contributed by atoms with van der Waals surface area (Å²) in [5, 5.41) is 5.74. The highest BCUT2D eigenvalue weighted by molar-refractivity contribution is 7.94. The molecular formula is C18H19N3O3S2. The third-order valence-electron chi connectivity index (χ3n) is 4.75. The van der Waals surface area contributed by atoms with Crippen molar-refractivity contribution in [3.05, 3.63) is 46.7 Å². The fraction of sp³-hybridized carbons (Fsp3) is 0.333. The van der Waals surface area contributed by atoms with Crippen molar-refractivity contribution in [3.8, 4) is 11.4 Å². The van der Waals surface area contributed by atoms with Crippen LogP contribution in [-0.2, 0) is 10.0 Å². The monoisotopic (exact) mass is 389 g/mol. The molecule has 2 aromatic heterocycles. The SMILES string of the molecule is Cc1ccc(NS(=O)(=O)c2cc(-c3noc(C4CCC4)n3)cs2)cc1C.